The molecule has 0 bridgehead atoms. The first-order valence-corrected chi connectivity index (χ1v) is 6.36. The summed E-state index contributed by atoms with van der Waals surface area (Å²) < 4.78 is 6.06. The van der Waals surface area contributed by atoms with Gasteiger partial charge in [-0.1, -0.05) is 0 Å². The highest BCUT2D eigenvalue weighted by Crippen LogP contribution is 2.34. The lowest BCUT2D eigenvalue weighted by Gasteiger charge is -2.09. The lowest BCUT2D eigenvalue weighted by atomic mass is 10.1. The number of amides is 1. The van der Waals surface area contributed by atoms with Crippen LogP contribution in [0, 0.1) is 0 Å². The van der Waals surface area contributed by atoms with Crippen molar-refractivity contribution >= 4 is 38.5 Å². The van der Waals surface area contributed by atoms with Crippen LogP contribution < -0.4 is 4.74 Å². The summed E-state index contributed by atoms with van der Waals surface area (Å²) in [6, 6.07) is 3.57. The summed E-state index contributed by atoms with van der Waals surface area (Å²) >= 11 is 3.40. The molecule has 1 heterocycles. The highest BCUT2D eigenvalue weighted by atomic mass is 79.9. The van der Waals surface area contributed by atoms with E-state index in [-0.39, 0.29) is 0 Å². The number of hydrogen-bond donors (Lipinski definition) is 1. The smallest absolute Gasteiger partial charge is 0.294 e. The van der Waals surface area contributed by atoms with E-state index in [1.165, 1.54) is 18.2 Å². The number of carbonyl (C=O) groups is 2. The molecule has 0 fully saturated rings. The van der Waals surface area contributed by atoms with Gasteiger partial charge in [-0.05, 0) is 28.1 Å². The number of likely N-dealkylation sites (N-methyl/N-ethyl adjacent to an activating group) is 1. The van der Waals surface area contributed by atoms with Gasteiger partial charge >= 0.3 is 0 Å². The van der Waals surface area contributed by atoms with Gasteiger partial charge in [0.1, 0.15) is 5.75 Å². The third-order valence-corrected chi connectivity index (χ3v) is 3.47. The average molecular weight is 325 g/mol. The number of hydrogen-bond acceptors (Lipinski definition) is 3. The first-order valence-electron chi connectivity index (χ1n) is 5.57. The van der Waals surface area contributed by atoms with Crippen LogP contribution in [0.15, 0.2) is 22.8 Å². The number of nitrogens with zero attached hydrogens (tertiary/aromatic N) is 1. The molecule has 0 atom stereocenters. The van der Waals surface area contributed by atoms with E-state index >= 15 is 0 Å². The Labute approximate surface area is 118 Å². The van der Waals surface area contributed by atoms with E-state index in [9.17, 15) is 9.59 Å². The zero-order valence-corrected chi connectivity index (χ0v) is 12.4. The molecule has 0 aliphatic heterocycles. The second kappa shape index (κ2) is 5.05. The van der Waals surface area contributed by atoms with E-state index in [4.69, 9.17) is 4.74 Å². The SMILES string of the molecule is COc1ccc(Br)c2[nH]cc(C(=O)C(=O)N(C)C)c12. The maximum absolute atomic E-state index is 12.2. The minimum absolute atomic E-state index is 0.312. The fraction of sp³-hybridized carbons (Fsp3) is 0.231. The van der Waals surface area contributed by atoms with E-state index in [1.54, 1.807) is 20.2 Å². The number of H-pyrrole nitrogens is 1. The van der Waals surface area contributed by atoms with Crippen LogP contribution in [0.2, 0.25) is 0 Å². The number of benzene rings is 1. The van der Waals surface area contributed by atoms with Crippen LogP contribution in [0.3, 0.4) is 0 Å². The van der Waals surface area contributed by atoms with Crippen molar-refractivity contribution in [2.45, 2.75) is 0 Å². The Morgan fingerprint density at radius 1 is 1.32 bits per heavy atom. The summed E-state index contributed by atoms with van der Waals surface area (Å²) in [5.41, 5.74) is 1.04. The Hall–Kier alpha value is -1.82. The Kier molecular flexibility index (Phi) is 3.61. The molecule has 0 radical (unpaired) electrons. The molecule has 0 aliphatic rings. The van der Waals surface area contributed by atoms with Crippen molar-refractivity contribution in [3.63, 3.8) is 0 Å². The largest absolute Gasteiger partial charge is 0.496 e. The molecule has 0 spiro atoms. The Morgan fingerprint density at radius 2 is 2.00 bits per heavy atom. The van der Waals surface area contributed by atoms with Crippen molar-refractivity contribution in [2.24, 2.45) is 0 Å². The number of Topliss-reactive ketones (excluding diaryl/α,β-unsaturated/α-hetero) is 1. The molecule has 0 unspecified atom stereocenters. The number of carbonyl (C=O) groups excluding carboxylic acids is 2. The van der Waals surface area contributed by atoms with Gasteiger partial charge in [0.15, 0.2) is 0 Å². The Morgan fingerprint density at radius 3 is 2.58 bits per heavy atom. The van der Waals surface area contributed by atoms with Gasteiger partial charge in [0.2, 0.25) is 0 Å². The number of rotatable bonds is 3. The fourth-order valence-electron chi connectivity index (χ4n) is 1.85. The van der Waals surface area contributed by atoms with E-state index < -0.39 is 11.7 Å². The van der Waals surface area contributed by atoms with Crippen molar-refractivity contribution in [1.82, 2.24) is 9.88 Å². The van der Waals surface area contributed by atoms with Crippen LogP contribution in [0.25, 0.3) is 10.9 Å². The summed E-state index contributed by atoms with van der Waals surface area (Å²) in [4.78, 5) is 28.2. The van der Waals surface area contributed by atoms with E-state index in [0.717, 1.165) is 9.99 Å². The summed E-state index contributed by atoms with van der Waals surface area (Å²) in [6.07, 6.45) is 1.53. The molecule has 19 heavy (non-hydrogen) atoms. The number of methoxy groups -OCH3 is 1. The van der Waals surface area contributed by atoms with Crippen LogP contribution in [-0.2, 0) is 4.79 Å². The van der Waals surface area contributed by atoms with Crippen LogP contribution >= 0.6 is 15.9 Å². The number of ether oxygens (including phenoxy) is 1. The molecule has 2 aromatic rings. The van der Waals surface area contributed by atoms with Crippen LogP contribution in [-0.4, -0.2) is 42.8 Å². The second-order valence-corrected chi connectivity index (χ2v) is 5.09. The number of halogens is 1. The van der Waals surface area contributed by atoms with Gasteiger partial charge in [0, 0.05) is 24.8 Å². The quantitative estimate of drug-likeness (QED) is 0.695. The van der Waals surface area contributed by atoms with Gasteiger partial charge in [-0.25, -0.2) is 0 Å². The second-order valence-electron chi connectivity index (χ2n) is 4.23. The number of nitrogens with one attached hydrogen (secondary N) is 1. The predicted molar refractivity (Wildman–Crippen MR) is 75.6 cm³/mol. The van der Waals surface area contributed by atoms with E-state index in [0.29, 0.717) is 16.7 Å². The summed E-state index contributed by atoms with van der Waals surface area (Å²) in [6.45, 7) is 0. The average Bonchev–Trinajstić information content (AvgIpc) is 2.83. The minimum atomic E-state index is -0.567. The van der Waals surface area contributed by atoms with Crippen LogP contribution in [0.1, 0.15) is 10.4 Å². The lowest BCUT2D eigenvalue weighted by Crippen LogP contribution is -2.29. The molecule has 1 N–H and O–H groups in total. The normalized spacial score (nSPS) is 10.5. The lowest BCUT2D eigenvalue weighted by molar-refractivity contribution is -0.124. The van der Waals surface area contributed by atoms with Gasteiger partial charge in [-0.3, -0.25) is 9.59 Å². The molecule has 0 saturated heterocycles. The highest BCUT2D eigenvalue weighted by Gasteiger charge is 2.24. The number of aromatic nitrogens is 1. The predicted octanol–water partition coefficient (Wildman–Crippen LogP) is 2.21. The maximum atomic E-state index is 12.2. The Balaban J connectivity index is 2.65. The fourth-order valence-corrected chi connectivity index (χ4v) is 2.30. The van der Waals surface area contributed by atoms with Gasteiger partial charge in [-0.15, -0.1) is 0 Å². The van der Waals surface area contributed by atoms with E-state index in [1.807, 2.05) is 6.07 Å². The number of aromatic amines is 1. The van der Waals surface area contributed by atoms with Crippen molar-refractivity contribution in [1.29, 1.82) is 0 Å². The third kappa shape index (κ3) is 2.23. The van der Waals surface area contributed by atoms with Crippen molar-refractivity contribution in [2.75, 3.05) is 21.2 Å². The van der Waals surface area contributed by atoms with Crippen LogP contribution in [0.4, 0.5) is 0 Å². The first-order chi connectivity index (χ1) is 8.97. The van der Waals surface area contributed by atoms with Gasteiger partial charge in [-0.2, -0.15) is 0 Å². The molecule has 6 heteroatoms. The standard InChI is InChI=1S/C13H13BrN2O3/c1-16(2)13(18)12(17)7-6-15-11-8(14)4-5-9(19-3)10(7)11/h4-6,15H,1-3H3. The monoisotopic (exact) mass is 324 g/mol. The molecule has 0 saturated carbocycles. The zero-order chi connectivity index (χ0) is 14.2. The van der Waals surface area contributed by atoms with Crippen molar-refractivity contribution in [3.8, 4) is 5.75 Å². The molecule has 2 rings (SSSR count). The third-order valence-electron chi connectivity index (χ3n) is 2.81. The highest BCUT2D eigenvalue weighted by molar-refractivity contribution is 9.10. The van der Waals surface area contributed by atoms with Gasteiger partial charge < -0.3 is 14.6 Å². The first kappa shape index (κ1) is 13.6. The van der Waals surface area contributed by atoms with Crippen LogP contribution in [0.5, 0.6) is 5.75 Å². The summed E-state index contributed by atoms with van der Waals surface area (Å²) in [5, 5.41) is 0.608. The molecule has 5 nitrogen and oxygen atoms in total. The van der Waals surface area contributed by atoms with E-state index in [2.05, 4.69) is 20.9 Å². The topological polar surface area (TPSA) is 62.4 Å². The Bertz CT molecular complexity index is 661. The molecular formula is C13H13BrN2O3. The zero-order valence-electron chi connectivity index (χ0n) is 10.8. The summed E-state index contributed by atoms with van der Waals surface area (Å²) in [7, 11) is 4.61. The van der Waals surface area contributed by atoms with Gasteiger partial charge in [0.05, 0.1) is 23.6 Å². The minimum Gasteiger partial charge on any atom is -0.496 e. The number of ketones is 1. The molecule has 100 valence electrons. The van der Waals surface area contributed by atoms with Gasteiger partial charge in [0.25, 0.3) is 11.7 Å². The molecule has 1 aromatic carbocycles. The number of fused-ring (bicyclic) bond motifs is 1. The molecule has 1 amide bonds. The maximum Gasteiger partial charge on any atom is 0.294 e. The molecular weight excluding hydrogens is 312 g/mol. The molecule has 0 aliphatic carbocycles. The molecule has 1 aromatic heterocycles. The van der Waals surface area contributed by atoms with Crippen molar-refractivity contribution < 1.29 is 14.3 Å². The van der Waals surface area contributed by atoms with Crippen molar-refractivity contribution in [3.05, 3.63) is 28.4 Å². The summed E-state index contributed by atoms with van der Waals surface area (Å²) in [5.74, 6) is -0.579.